The molecule has 1 aliphatic heterocycles. The van der Waals surface area contributed by atoms with Gasteiger partial charge in [0.05, 0.1) is 16.1 Å². The molecule has 3 aromatic rings. The summed E-state index contributed by atoms with van der Waals surface area (Å²) >= 11 is 1.29. The van der Waals surface area contributed by atoms with Gasteiger partial charge in [0, 0.05) is 32.7 Å². The molecule has 6 nitrogen and oxygen atoms in total. The molecular formula is C22H23N3O3S. The van der Waals surface area contributed by atoms with Crippen molar-refractivity contribution in [3.8, 4) is 0 Å². The van der Waals surface area contributed by atoms with Gasteiger partial charge in [0.1, 0.15) is 0 Å². The molecule has 1 N–H and O–H groups in total. The van der Waals surface area contributed by atoms with Gasteiger partial charge in [-0.15, -0.1) is 11.3 Å². The number of rotatable bonds is 6. The molecular weight excluding hydrogens is 386 g/mol. The van der Waals surface area contributed by atoms with E-state index in [4.69, 9.17) is 4.42 Å². The zero-order valence-corrected chi connectivity index (χ0v) is 16.9. The molecule has 1 aliphatic rings. The molecule has 0 atom stereocenters. The Bertz CT molecular complexity index is 945. The number of hydrogen-bond donors (Lipinski definition) is 1. The zero-order valence-electron chi connectivity index (χ0n) is 16.0. The van der Waals surface area contributed by atoms with E-state index in [0.29, 0.717) is 9.88 Å². The van der Waals surface area contributed by atoms with Crippen molar-refractivity contribution >= 4 is 28.2 Å². The van der Waals surface area contributed by atoms with Crippen LogP contribution in [0.4, 0.5) is 5.00 Å². The minimum Gasteiger partial charge on any atom is -0.459 e. The highest BCUT2D eigenvalue weighted by Gasteiger charge is 2.23. The third-order valence-corrected chi connectivity index (χ3v) is 6.01. The molecule has 4 rings (SSSR count). The van der Waals surface area contributed by atoms with Crippen LogP contribution in [-0.2, 0) is 6.42 Å². The Hall–Kier alpha value is -2.90. The number of carbonyl (C=O) groups is 2. The van der Waals surface area contributed by atoms with Crippen molar-refractivity contribution in [1.82, 2.24) is 9.80 Å². The highest BCUT2D eigenvalue weighted by Crippen LogP contribution is 2.24. The van der Waals surface area contributed by atoms with E-state index in [1.807, 2.05) is 11.0 Å². The van der Waals surface area contributed by atoms with Gasteiger partial charge in [0.25, 0.3) is 11.8 Å². The van der Waals surface area contributed by atoms with Crippen LogP contribution in [0.2, 0.25) is 0 Å². The molecule has 0 unspecified atom stereocenters. The number of carbonyl (C=O) groups excluding carboxylic acids is 2. The van der Waals surface area contributed by atoms with Gasteiger partial charge in [0.15, 0.2) is 5.76 Å². The van der Waals surface area contributed by atoms with E-state index in [1.54, 1.807) is 24.3 Å². The maximum absolute atomic E-state index is 12.8. The van der Waals surface area contributed by atoms with Gasteiger partial charge in [0.2, 0.25) is 0 Å². The summed E-state index contributed by atoms with van der Waals surface area (Å²) in [7, 11) is 0. The number of hydrogen-bond acceptors (Lipinski definition) is 5. The standard InChI is InChI=1S/C22H23N3O3S/c26-21(18-7-4-16-28-18)23-20-9-8-19(29-20)22(27)25-14-12-24(13-15-25)11-10-17-5-2-1-3-6-17/h1-9,16H,10-15H2,(H,23,26). The summed E-state index contributed by atoms with van der Waals surface area (Å²) in [4.78, 5) is 29.8. The molecule has 3 heterocycles. The second-order valence-corrected chi connectivity index (χ2v) is 8.05. The molecule has 0 spiro atoms. The lowest BCUT2D eigenvalue weighted by molar-refractivity contribution is 0.0643. The Morgan fingerprint density at radius 1 is 0.966 bits per heavy atom. The molecule has 7 heteroatoms. The minimum absolute atomic E-state index is 0.0243. The van der Waals surface area contributed by atoms with Crippen LogP contribution in [0.3, 0.4) is 0 Å². The van der Waals surface area contributed by atoms with Gasteiger partial charge in [-0.3, -0.25) is 14.5 Å². The van der Waals surface area contributed by atoms with Crippen molar-refractivity contribution in [3.63, 3.8) is 0 Å². The molecule has 150 valence electrons. The van der Waals surface area contributed by atoms with E-state index in [1.165, 1.54) is 23.2 Å². The molecule has 2 amide bonds. The van der Waals surface area contributed by atoms with E-state index in [2.05, 4.69) is 34.5 Å². The Kier molecular flexibility index (Phi) is 6.07. The van der Waals surface area contributed by atoms with Crippen molar-refractivity contribution in [1.29, 1.82) is 0 Å². The summed E-state index contributed by atoms with van der Waals surface area (Å²) in [6.07, 6.45) is 2.48. The minimum atomic E-state index is -0.317. The Balaban J connectivity index is 1.26. The molecule has 1 aromatic carbocycles. The van der Waals surface area contributed by atoms with Crippen molar-refractivity contribution in [2.24, 2.45) is 0 Å². The number of nitrogens with one attached hydrogen (secondary N) is 1. The number of nitrogens with zero attached hydrogens (tertiary/aromatic N) is 2. The summed E-state index contributed by atoms with van der Waals surface area (Å²) < 4.78 is 5.09. The highest BCUT2D eigenvalue weighted by atomic mass is 32.1. The predicted octanol–water partition coefficient (Wildman–Crippen LogP) is 3.59. The SMILES string of the molecule is O=C(Nc1ccc(C(=O)N2CCN(CCc3ccccc3)CC2)s1)c1ccco1. The summed E-state index contributed by atoms with van der Waals surface area (Å²) in [5, 5.41) is 3.40. The second kappa shape index (κ2) is 9.07. The normalized spacial score (nSPS) is 14.7. The number of anilines is 1. The van der Waals surface area contributed by atoms with Crippen molar-refractivity contribution in [2.75, 3.05) is 38.0 Å². The maximum Gasteiger partial charge on any atom is 0.291 e. The molecule has 0 bridgehead atoms. The lowest BCUT2D eigenvalue weighted by Crippen LogP contribution is -2.48. The zero-order chi connectivity index (χ0) is 20.1. The predicted molar refractivity (Wildman–Crippen MR) is 113 cm³/mol. The van der Waals surface area contributed by atoms with Crippen LogP contribution in [0, 0.1) is 0 Å². The number of amides is 2. The van der Waals surface area contributed by atoms with Gasteiger partial charge in [-0.1, -0.05) is 30.3 Å². The third kappa shape index (κ3) is 4.93. The van der Waals surface area contributed by atoms with Crippen molar-refractivity contribution < 1.29 is 14.0 Å². The van der Waals surface area contributed by atoms with Crippen LogP contribution in [-0.4, -0.2) is 54.3 Å². The summed E-state index contributed by atoms with van der Waals surface area (Å²) in [5.74, 6) is -0.0445. The van der Waals surface area contributed by atoms with E-state index in [9.17, 15) is 9.59 Å². The van der Waals surface area contributed by atoms with E-state index < -0.39 is 0 Å². The van der Waals surface area contributed by atoms with Gasteiger partial charge >= 0.3 is 0 Å². The smallest absolute Gasteiger partial charge is 0.291 e. The second-order valence-electron chi connectivity index (χ2n) is 6.96. The van der Waals surface area contributed by atoms with Crippen LogP contribution in [0.1, 0.15) is 25.8 Å². The van der Waals surface area contributed by atoms with Gasteiger partial charge in [-0.05, 0) is 36.2 Å². The lowest BCUT2D eigenvalue weighted by atomic mass is 10.1. The maximum atomic E-state index is 12.8. The summed E-state index contributed by atoms with van der Waals surface area (Å²) in [6, 6.07) is 17.3. The molecule has 0 radical (unpaired) electrons. The largest absolute Gasteiger partial charge is 0.459 e. The molecule has 2 aromatic heterocycles. The quantitative estimate of drug-likeness (QED) is 0.676. The Morgan fingerprint density at radius 3 is 2.48 bits per heavy atom. The summed E-state index contributed by atoms with van der Waals surface area (Å²) in [6.45, 7) is 4.21. The molecule has 1 fully saturated rings. The monoisotopic (exact) mass is 409 g/mol. The van der Waals surface area contributed by atoms with Crippen LogP contribution in [0.25, 0.3) is 0 Å². The Morgan fingerprint density at radius 2 is 1.76 bits per heavy atom. The fourth-order valence-corrected chi connectivity index (χ4v) is 4.23. The average Bonchev–Trinajstić information content (AvgIpc) is 3.45. The fraction of sp³-hybridized carbons (Fsp3) is 0.273. The first kappa shape index (κ1) is 19.4. The van der Waals surface area contributed by atoms with Crippen molar-refractivity contribution in [3.05, 3.63) is 77.1 Å². The first-order chi connectivity index (χ1) is 14.2. The summed E-state index contributed by atoms with van der Waals surface area (Å²) in [5.41, 5.74) is 1.34. The van der Waals surface area contributed by atoms with Crippen LogP contribution >= 0.6 is 11.3 Å². The average molecular weight is 410 g/mol. The first-order valence-electron chi connectivity index (χ1n) is 9.69. The molecule has 0 saturated carbocycles. The van der Waals surface area contributed by atoms with Gasteiger partial charge in [-0.2, -0.15) is 0 Å². The van der Waals surface area contributed by atoms with Crippen molar-refractivity contribution in [2.45, 2.75) is 6.42 Å². The molecule has 29 heavy (non-hydrogen) atoms. The third-order valence-electron chi connectivity index (χ3n) is 5.02. The van der Waals surface area contributed by atoms with Gasteiger partial charge in [-0.25, -0.2) is 0 Å². The van der Waals surface area contributed by atoms with Gasteiger partial charge < -0.3 is 14.6 Å². The molecule has 1 saturated heterocycles. The topological polar surface area (TPSA) is 65.8 Å². The van der Waals surface area contributed by atoms with E-state index in [-0.39, 0.29) is 17.6 Å². The van der Waals surface area contributed by atoms with E-state index >= 15 is 0 Å². The van der Waals surface area contributed by atoms with Crippen LogP contribution in [0.15, 0.2) is 65.3 Å². The highest BCUT2D eigenvalue weighted by molar-refractivity contribution is 7.18. The number of furan rings is 1. The number of benzene rings is 1. The number of piperazine rings is 1. The van der Waals surface area contributed by atoms with E-state index in [0.717, 1.165) is 39.1 Å². The number of thiophene rings is 1. The van der Waals surface area contributed by atoms with Crippen LogP contribution in [0.5, 0.6) is 0 Å². The first-order valence-corrected chi connectivity index (χ1v) is 10.5. The fourth-order valence-electron chi connectivity index (χ4n) is 3.36. The lowest BCUT2D eigenvalue weighted by Gasteiger charge is -2.34. The Labute approximate surface area is 173 Å². The molecule has 0 aliphatic carbocycles. The van der Waals surface area contributed by atoms with Crippen LogP contribution < -0.4 is 5.32 Å².